The molecule has 15 heteroatoms. The largest absolute Gasteiger partial charge is 0.543 e. The summed E-state index contributed by atoms with van der Waals surface area (Å²) in [5, 5.41) is 10.1. The van der Waals surface area contributed by atoms with Crippen LogP contribution in [0, 0.1) is 0 Å². The van der Waals surface area contributed by atoms with E-state index in [1.807, 2.05) is 0 Å². The molecule has 46 heavy (non-hydrogen) atoms. The van der Waals surface area contributed by atoms with E-state index in [0.29, 0.717) is 29.1 Å². The van der Waals surface area contributed by atoms with Crippen LogP contribution in [-0.2, 0) is 18.8 Å². The lowest BCUT2D eigenvalue weighted by atomic mass is 9.80. The van der Waals surface area contributed by atoms with Gasteiger partial charge in [0.15, 0.2) is 0 Å². The molecular weight excluding hydrogens is 698 g/mol. The van der Waals surface area contributed by atoms with E-state index >= 15 is 0 Å². The van der Waals surface area contributed by atoms with Gasteiger partial charge in [-0.3, -0.25) is 4.90 Å². The zero-order valence-corrected chi connectivity index (χ0v) is 28.7. The van der Waals surface area contributed by atoms with Crippen molar-refractivity contribution < 1.29 is 40.7 Å². The van der Waals surface area contributed by atoms with Crippen LogP contribution in [0.2, 0.25) is 18.1 Å². The fourth-order valence-electron chi connectivity index (χ4n) is 5.17. The molecule has 2 heterocycles. The predicted octanol–water partition coefficient (Wildman–Crippen LogP) is 9.34. The van der Waals surface area contributed by atoms with Gasteiger partial charge in [-0.05, 0) is 94.4 Å². The molecule has 0 aliphatic carbocycles. The van der Waals surface area contributed by atoms with Crippen LogP contribution in [0.25, 0.3) is 0 Å². The van der Waals surface area contributed by atoms with Gasteiger partial charge in [0.2, 0.25) is 8.32 Å². The van der Waals surface area contributed by atoms with Gasteiger partial charge in [-0.1, -0.05) is 27.7 Å². The van der Waals surface area contributed by atoms with Crippen molar-refractivity contribution >= 4 is 36.0 Å². The van der Waals surface area contributed by atoms with Crippen LogP contribution in [0.1, 0.15) is 80.2 Å². The molecule has 250 valence electrons. The molecule has 7 nitrogen and oxygen atoms in total. The van der Waals surface area contributed by atoms with Crippen molar-refractivity contribution in [2.75, 3.05) is 4.90 Å². The Bertz CT molecular complexity index is 1610. The van der Waals surface area contributed by atoms with Crippen molar-refractivity contribution in [3.63, 3.8) is 0 Å². The number of fused-ring (bicyclic) bond motifs is 1. The molecule has 1 amide bonds. The number of rotatable bonds is 6. The first-order valence-electron chi connectivity index (χ1n) is 14.4. The lowest BCUT2D eigenvalue weighted by Gasteiger charge is -2.46. The molecule has 3 N–H and O–H groups in total. The Hall–Kier alpha value is -3.17. The normalized spacial score (nSPS) is 19.2. The van der Waals surface area contributed by atoms with E-state index in [-0.39, 0.29) is 51.9 Å². The Labute approximate surface area is 272 Å². The van der Waals surface area contributed by atoms with E-state index in [2.05, 4.69) is 59.8 Å². The van der Waals surface area contributed by atoms with Crippen molar-refractivity contribution in [1.82, 2.24) is 9.97 Å². The zero-order valence-electron chi connectivity index (χ0n) is 26.1. The Kier molecular flexibility index (Phi) is 9.40. The summed E-state index contributed by atoms with van der Waals surface area (Å²) in [7, 11) is -2.31. The van der Waals surface area contributed by atoms with Gasteiger partial charge in [0.05, 0.1) is 27.0 Å². The monoisotopic (exact) mass is 732 g/mol. The first-order valence-corrected chi connectivity index (χ1v) is 18.1. The number of alkyl halides is 6. The highest BCUT2D eigenvalue weighted by Crippen LogP contribution is 2.48. The third-order valence-corrected chi connectivity index (χ3v) is 13.8. The fraction of sp³-hybridized carbons (Fsp3) is 0.452. The number of halogens is 7. The van der Waals surface area contributed by atoms with Crippen LogP contribution in [0.3, 0.4) is 0 Å². The lowest BCUT2D eigenvalue weighted by Crippen LogP contribution is -2.61. The average Bonchev–Trinajstić information content (AvgIpc) is 2.92. The van der Waals surface area contributed by atoms with Crippen molar-refractivity contribution in [2.45, 2.75) is 89.0 Å². The van der Waals surface area contributed by atoms with E-state index in [0.717, 1.165) is 4.90 Å². The number of hydrogen-bond donors (Lipinski definition) is 2. The Morgan fingerprint density at radius 1 is 1.09 bits per heavy atom. The maximum absolute atomic E-state index is 13.5. The highest BCUT2D eigenvalue weighted by Gasteiger charge is 2.46. The number of amides is 1. The van der Waals surface area contributed by atoms with Gasteiger partial charge in [-0.25, -0.2) is 14.8 Å². The second kappa shape index (κ2) is 12.1. The summed E-state index contributed by atoms with van der Waals surface area (Å²) >= 11 is 3.29. The minimum Gasteiger partial charge on any atom is -0.543 e. The molecule has 0 fully saturated rings. The molecule has 2 aromatic carbocycles. The van der Waals surface area contributed by atoms with Crippen LogP contribution in [0.5, 0.6) is 5.75 Å². The summed E-state index contributed by atoms with van der Waals surface area (Å²) < 4.78 is 88.0. The summed E-state index contributed by atoms with van der Waals surface area (Å²) in [6.07, 6.45) is -9.98. The molecule has 3 aromatic rings. The summed E-state index contributed by atoms with van der Waals surface area (Å²) in [4.78, 5) is 22.7. The summed E-state index contributed by atoms with van der Waals surface area (Å²) in [5.74, 6) is 0.0144. The number of nitrogens with two attached hydrogens (primary N) is 1. The molecule has 0 saturated heterocycles. The van der Waals surface area contributed by atoms with Gasteiger partial charge in [0.25, 0.3) is 0 Å². The lowest BCUT2D eigenvalue weighted by molar-refractivity contribution is -0.143. The van der Waals surface area contributed by atoms with E-state index in [1.54, 1.807) is 25.1 Å². The van der Waals surface area contributed by atoms with Crippen LogP contribution >= 0.6 is 15.9 Å². The molecule has 0 saturated carbocycles. The number of hydrogen-bond acceptors (Lipinski definition) is 5. The number of benzene rings is 2. The fourth-order valence-corrected chi connectivity index (χ4v) is 6.53. The molecule has 0 spiro atoms. The van der Waals surface area contributed by atoms with E-state index in [1.165, 1.54) is 6.20 Å². The van der Waals surface area contributed by atoms with Gasteiger partial charge in [0.1, 0.15) is 17.2 Å². The zero-order chi connectivity index (χ0) is 34.6. The minimum atomic E-state index is -5.00. The highest BCUT2D eigenvalue weighted by molar-refractivity contribution is 9.10. The predicted molar refractivity (Wildman–Crippen MR) is 167 cm³/mol. The Morgan fingerprint density at radius 3 is 2.17 bits per heavy atom. The number of nitrogens with zero attached hydrogens (tertiary/aromatic N) is 3. The third-order valence-electron chi connectivity index (χ3n) is 8.77. The van der Waals surface area contributed by atoms with Gasteiger partial charge in [-0.15, -0.1) is 0 Å². The molecule has 1 aliphatic heterocycles. The molecular formula is C31H35BrF6N4O3Si. The molecule has 1 aliphatic rings. The molecule has 0 bridgehead atoms. The first kappa shape index (κ1) is 35.7. The van der Waals surface area contributed by atoms with Crippen LogP contribution < -0.4 is 15.1 Å². The van der Waals surface area contributed by atoms with Crippen molar-refractivity contribution in [2.24, 2.45) is 5.73 Å². The van der Waals surface area contributed by atoms with Gasteiger partial charge in [0, 0.05) is 18.5 Å². The molecule has 2 atom stereocenters. The van der Waals surface area contributed by atoms with Crippen LogP contribution in [-0.4, -0.2) is 35.1 Å². The molecule has 0 radical (unpaired) electrons. The standard InChI is InChI=1S/C31H35BrF6N4O3Si/c1-7-29(39)15-22(21-14-20(45-46(5,6)28(2,3)4)8-9-25(21)42(29)27(43)44)26-40-16-23(32)24(41-26)12-17-10-18(30(33,34)35)13-19(11-17)31(36,37)38/h8-11,13-14,16,22H,7,12,15,39H2,1-6H3,(H,43,44). The van der Waals surface area contributed by atoms with Crippen molar-refractivity contribution in [3.8, 4) is 5.75 Å². The van der Waals surface area contributed by atoms with Crippen molar-refractivity contribution in [3.05, 3.63) is 80.8 Å². The summed E-state index contributed by atoms with van der Waals surface area (Å²) in [6, 6.07) is 6.45. The smallest absolute Gasteiger partial charge is 0.416 e. The topological polar surface area (TPSA) is 102 Å². The Balaban J connectivity index is 1.85. The molecule has 1 aromatic heterocycles. The Morgan fingerprint density at radius 2 is 1.67 bits per heavy atom. The quantitative estimate of drug-likeness (QED) is 0.194. The average molecular weight is 734 g/mol. The van der Waals surface area contributed by atoms with E-state index < -0.39 is 49.5 Å². The van der Waals surface area contributed by atoms with Gasteiger partial charge >= 0.3 is 18.4 Å². The van der Waals surface area contributed by atoms with Gasteiger partial charge in [-0.2, -0.15) is 26.3 Å². The number of anilines is 1. The third kappa shape index (κ3) is 7.20. The highest BCUT2D eigenvalue weighted by atomic mass is 79.9. The van der Waals surface area contributed by atoms with Crippen LogP contribution in [0.15, 0.2) is 47.1 Å². The number of aromatic nitrogens is 2. The first-order chi connectivity index (χ1) is 21.0. The summed E-state index contributed by atoms with van der Waals surface area (Å²) in [6.45, 7) is 12.1. The van der Waals surface area contributed by atoms with Crippen LogP contribution in [0.4, 0.5) is 36.8 Å². The molecule has 2 unspecified atom stereocenters. The molecule has 4 rings (SSSR count). The van der Waals surface area contributed by atoms with E-state index in [4.69, 9.17) is 10.2 Å². The second-order valence-corrected chi connectivity index (χ2v) is 18.6. The maximum Gasteiger partial charge on any atom is 0.416 e. The maximum atomic E-state index is 13.5. The second-order valence-electron chi connectivity index (χ2n) is 13.0. The number of carbonyl (C=O) groups is 1. The number of carboxylic acid groups (broad SMARTS) is 1. The SMILES string of the molecule is CCC1(N)CC(c2ncc(Br)c(Cc3cc(C(F)(F)F)cc(C(F)(F)F)c3)n2)c2cc(O[Si](C)(C)C(C)(C)C)ccc2N1C(=O)O. The van der Waals surface area contributed by atoms with Crippen molar-refractivity contribution in [1.29, 1.82) is 0 Å². The van der Waals surface area contributed by atoms with Gasteiger partial charge < -0.3 is 15.3 Å². The van der Waals surface area contributed by atoms with E-state index in [9.17, 15) is 36.2 Å². The minimum absolute atomic E-state index is 0.0508. The summed E-state index contributed by atoms with van der Waals surface area (Å²) in [5.41, 5.74) is 3.18.